The maximum atomic E-state index is 11.6. The minimum absolute atomic E-state index is 0.249. The highest BCUT2D eigenvalue weighted by Gasteiger charge is 2.26. The first-order valence-corrected chi connectivity index (χ1v) is 9.55. The van der Waals surface area contributed by atoms with Crippen molar-refractivity contribution in [1.82, 2.24) is 0 Å². The van der Waals surface area contributed by atoms with Crippen LogP contribution in [0.5, 0.6) is 0 Å². The number of rotatable bonds is 8. The Morgan fingerprint density at radius 1 is 1.38 bits per heavy atom. The zero-order valence-electron chi connectivity index (χ0n) is 16.0. The largest absolute Gasteiger partial charge is 0.377 e. The second-order valence-electron chi connectivity index (χ2n) is 7.21. The molecule has 2 heterocycles. The summed E-state index contributed by atoms with van der Waals surface area (Å²) in [6.07, 6.45) is 11.2. The number of allylic oxidation sites excluding steroid dienone is 1. The number of carbonyl (C=O) groups is 1. The SMILES string of the molecule is C=C(CC(=O)CCC)C1=CC(C2CCCO2)C=N1.CCCC(C)C. The van der Waals surface area contributed by atoms with Gasteiger partial charge in [0.1, 0.15) is 5.78 Å². The molecule has 2 aliphatic rings. The normalized spacial score (nSPS) is 22.3. The number of ether oxygens (including phenoxy) is 1. The Morgan fingerprint density at radius 2 is 2.12 bits per heavy atom. The molecule has 2 aliphatic heterocycles. The standard InChI is InChI=1S/C15H21NO2.C6H14/c1-3-5-13(17)8-11(2)14-9-12(10-16-14)15-6-4-7-18-15;1-4-5-6(2)3/h9-10,12,15H,2-8H2,1H3;6H,4-5H2,1-3H3. The van der Waals surface area contributed by atoms with Crippen molar-refractivity contribution >= 4 is 12.0 Å². The van der Waals surface area contributed by atoms with Crippen molar-refractivity contribution in [1.29, 1.82) is 0 Å². The van der Waals surface area contributed by atoms with E-state index in [4.69, 9.17) is 4.74 Å². The van der Waals surface area contributed by atoms with Gasteiger partial charge in [0.2, 0.25) is 0 Å². The number of nitrogens with zero attached hydrogens (tertiary/aromatic N) is 1. The Labute approximate surface area is 148 Å². The molecule has 24 heavy (non-hydrogen) atoms. The van der Waals surface area contributed by atoms with Gasteiger partial charge in [0, 0.05) is 31.6 Å². The average molecular weight is 334 g/mol. The van der Waals surface area contributed by atoms with Gasteiger partial charge in [-0.1, -0.05) is 47.1 Å². The van der Waals surface area contributed by atoms with Crippen LogP contribution in [0.3, 0.4) is 0 Å². The highest BCUT2D eigenvalue weighted by atomic mass is 16.5. The van der Waals surface area contributed by atoms with Crippen molar-refractivity contribution in [2.75, 3.05) is 6.61 Å². The molecule has 0 N–H and O–H groups in total. The van der Waals surface area contributed by atoms with Crippen molar-refractivity contribution in [2.24, 2.45) is 16.8 Å². The molecule has 2 atom stereocenters. The molecule has 0 amide bonds. The predicted molar refractivity (Wildman–Crippen MR) is 102 cm³/mol. The third-order valence-corrected chi connectivity index (χ3v) is 4.30. The minimum atomic E-state index is 0.249. The van der Waals surface area contributed by atoms with E-state index in [9.17, 15) is 4.79 Å². The summed E-state index contributed by atoms with van der Waals surface area (Å²) in [6.45, 7) is 13.6. The van der Waals surface area contributed by atoms with E-state index in [0.29, 0.717) is 12.8 Å². The molecule has 0 saturated carbocycles. The molecule has 3 nitrogen and oxygen atoms in total. The van der Waals surface area contributed by atoms with Crippen LogP contribution in [-0.2, 0) is 9.53 Å². The van der Waals surface area contributed by atoms with Crippen LogP contribution in [0.4, 0.5) is 0 Å². The van der Waals surface area contributed by atoms with Gasteiger partial charge in [-0.3, -0.25) is 9.79 Å². The lowest BCUT2D eigenvalue weighted by molar-refractivity contribution is -0.118. The van der Waals surface area contributed by atoms with E-state index < -0.39 is 0 Å². The van der Waals surface area contributed by atoms with Gasteiger partial charge < -0.3 is 4.74 Å². The Kier molecular flexibility index (Phi) is 9.85. The van der Waals surface area contributed by atoms with Crippen LogP contribution in [0.15, 0.2) is 28.9 Å². The van der Waals surface area contributed by atoms with Crippen LogP contribution in [0.25, 0.3) is 0 Å². The van der Waals surface area contributed by atoms with Crippen LogP contribution in [0.2, 0.25) is 0 Å². The number of aliphatic imine (C=N–C) groups is 1. The topological polar surface area (TPSA) is 38.7 Å². The van der Waals surface area contributed by atoms with Crippen molar-refractivity contribution in [3.63, 3.8) is 0 Å². The van der Waals surface area contributed by atoms with Crippen LogP contribution in [0, 0.1) is 11.8 Å². The van der Waals surface area contributed by atoms with Gasteiger partial charge in [-0.05, 0) is 36.8 Å². The van der Waals surface area contributed by atoms with Crippen molar-refractivity contribution < 1.29 is 9.53 Å². The zero-order valence-corrected chi connectivity index (χ0v) is 16.0. The van der Waals surface area contributed by atoms with Crippen molar-refractivity contribution in [3.8, 4) is 0 Å². The molecule has 2 unspecified atom stereocenters. The summed E-state index contributed by atoms with van der Waals surface area (Å²) >= 11 is 0. The lowest BCUT2D eigenvalue weighted by Gasteiger charge is -2.12. The van der Waals surface area contributed by atoms with E-state index >= 15 is 0 Å². The number of Topliss-reactive ketones (excluding diaryl/α,β-unsaturated/α-hetero) is 1. The van der Waals surface area contributed by atoms with Gasteiger partial charge in [0.25, 0.3) is 0 Å². The molecule has 0 aliphatic carbocycles. The highest BCUT2D eigenvalue weighted by Crippen LogP contribution is 2.28. The van der Waals surface area contributed by atoms with Gasteiger partial charge in [-0.2, -0.15) is 0 Å². The van der Waals surface area contributed by atoms with Crippen LogP contribution < -0.4 is 0 Å². The molecule has 0 radical (unpaired) electrons. The Bertz CT molecular complexity index is 456. The predicted octanol–water partition coefficient (Wildman–Crippen LogP) is 5.51. The quantitative estimate of drug-likeness (QED) is 0.587. The number of hydrogen-bond acceptors (Lipinski definition) is 3. The van der Waals surface area contributed by atoms with Crippen LogP contribution in [0.1, 0.15) is 72.6 Å². The summed E-state index contributed by atoms with van der Waals surface area (Å²) in [5.41, 5.74) is 1.71. The van der Waals surface area contributed by atoms with Crippen LogP contribution >= 0.6 is 0 Å². The Balaban J connectivity index is 0.000000413. The summed E-state index contributed by atoms with van der Waals surface area (Å²) < 4.78 is 5.65. The van der Waals surface area contributed by atoms with Crippen LogP contribution in [-0.4, -0.2) is 24.7 Å². The maximum absolute atomic E-state index is 11.6. The fraction of sp³-hybridized carbons (Fsp3) is 0.714. The smallest absolute Gasteiger partial charge is 0.137 e. The Morgan fingerprint density at radius 3 is 2.62 bits per heavy atom. The zero-order chi connectivity index (χ0) is 17.9. The van der Waals surface area contributed by atoms with Crippen molar-refractivity contribution in [2.45, 2.75) is 78.7 Å². The molecular weight excluding hydrogens is 298 g/mol. The molecule has 0 aromatic heterocycles. The fourth-order valence-electron chi connectivity index (χ4n) is 3.03. The number of ketones is 1. The summed E-state index contributed by atoms with van der Waals surface area (Å²) in [5, 5.41) is 0. The molecule has 0 spiro atoms. The fourth-order valence-corrected chi connectivity index (χ4v) is 3.03. The van der Waals surface area contributed by atoms with Gasteiger partial charge in [-0.15, -0.1) is 0 Å². The monoisotopic (exact) mass is 333 g/mol. The maximum Gasteiger partial charge on any atom is 0.137 e. The van der Waals surface area contributed by atoms with Gasteiger partial charge in [0.05, 0.1) is 11.8 Å². The molecule has 0 aromatic carbocycles. The van der Waals surface area contributed by atoms with Crippen molar-refractivity contribution in [3.05, 3.63) is 23.9 Å². The first kappa shape index (κ1) is 20.8. The summed E-state index contributed by atoms with van der Waals surface area (Å²) in [7, 11) is 0. The second-order valence-corrected chi connectivity index (χ2v) is 7.21. The van der Waals surface area contributed by atoms with Gasteiger partial charge in [-0.25, -0.2) is 0 Å². The summed E-state index contributed by atoms with van der Waals surface area (Å²) in [4.78, 5) is 16.0. The van der Waals surface area contributed by atoms with E-state index in [1.165, 1.54) is 12.8 Å². The van der Waals surface area contributed by atoms with E-state index in [1.807, 2.05) is 13.1 Å². The lowest BCUT2D eigenvalue weighted by Crippen LogP contribution is -2.17. The first-order chi connectivity index (χ1) is 11.5. The Hall–Kier alpha value is -1.22. The molecule has 0 aromatic rings. The third kappa shape index (κ3) is 7.57. The molecule has 3 heteroatoms. The molecule has 1 saturated heterocycles. The number of carbonyl (C=O) groups excluding carboxylic acids is 1. The molecule has 136 valence electrons. The van der Waals surface area contributed by atoms with E-state index in [-0.39, 0.29) is 17.8 Å². The third-order valence-electron chi connectivity index (χ3n) is 4.30. The van der Waals surface area contributed by atoms with E-state index in [0.717, 1.165) is 43.1 Å². The summed E-state index contributed by atoms with van der Waals surface area (Å²) in [5.74, 6) is 1.41. The molecular formula is C21H35NO2. The molecule has 0 bridgehead atoms. The molecule has 2 rings (SSSR count). The first-order valence-electron chi connectivity index (χ1n) is 9.55. The molecule has 1 fully saturated rings. The van der Waals surface area contributed by atoms with Gasteiger partial charge >= 0.3 is 0 Å². The lowest BCUT2D eigenvalue weighted by atomic mass is 9.99. The minimum Gasteiger partial charge on any atom is -0.377 e. The average Bonchev–Trinajstić information content (AvgIpc) is 3.19. The van der Waals surface area contributed by atoms with E-state index in [1.54, 1.807) is 0 Å². The second kappa shape index (κ2) is 11.4. The van der Waals surface area contributed by atoms with Gasteiger partial charge in [0.15, 0.2) is 0 Å². The summed E-state index contributed by atoms with van der Waals surface area (Å²) in [6, 6.07) is 0. The number of hydrogen-bond donors (Lipinski definition) is 0. The van der Waals surface area contributed by atoms with E-state index in [2.05, 4.69) is 38.4 Å². The highest BCUT2D eigenvalue weighted by molar-refractivity contribution is 5.82.